The van der Waals surface area contributed by atoms with Crippen molar-refractivity contribution in [1.82, 2.24) is 44.8 Å². The summed E-state index contributed by atoms with van der Waals surface area (Å²) in [7, 11) is 0. The first-order chi connectivity index (χ1) is 18.3. The molecule has 3 aromatic heterocycles. The minimum Gasteiger partial charge on any atom is -0.479 e. The summed E-state index contributed by atoms with van der Waals surface area (Å²) in [6, 6.07) is 2.32. The van der Waals surface area contributed by atoms with Crippen LogP contribution in [0.15, 0.2) is 39.1 Å². The molecule has 0 spiro atoms. The van der Waals surface area contributed by atoms with Gasteiger partial charge in [0.2, 0.25) is 18.1 Å². The van der Waals surface area contributed by atoms with Crippen LogP contribution in [0.25, 0.3) is 5.65 Å². The standard InChI is InChI=1S/C18H14N10O7S3/c29-10(30)3-35-23-11(14-19-6-38-24-14)15(31)20-12-16(32)27-13(18(33)34)7(5-37-17(12)27)4-36-9-2-1-8-21-25-26-28(8)22-9/h1-2,6,12,17H,3-5H2,(H,20,31)(H,29,30)(H,33,34)/b23-11+. The maximum atomic E-state index is 13.0. The van der Waals surface area contributed by atoms with Crippen molar-refractivity contribution >= 4 is 70.2 Å². The van der Waals surface area contributed by atoms with E-state index in [0.29, 0.717) is 22.0 Å². The van der Waals surface area contributed by atoms with Crippen LogP contribution >= 0.6 is 35.1 Å². The van der Waals surface area contributed by atoms with Crippen molar-refractivity contribution in [2.45, 2.75) is 16.4 Å². The number of hydrogen-bond donors (Lipinski definition) is 3. The van der Waals surface area contributed by atoms with Crippen LogP contribution in [0.5, 0.6) is 0 Å². The Bertz CT molecular complexity index is 1490. The molecule has 3 aromatic rings. The van der Waals surface area contributed by atoms with E-state index in [1.807, 2.05) is 0 Å². The number of amides is 2. The second kappa shape index (κ2) is 10.7. The number of carboxylic acids is 2. The second-order valence-corrected chi connectivity index (χ2v) is 10.2. The zero-order valence-electron chi connectivity index (χ0n) is 18.7. The van der Waals surface area contributed by atoms with E-state index in [2.05, 4.69) is 45.3 Å². The molecule has 0 radical (unpaired) electrons. The molecule has 1 fully saturated rings. The molecule has 5 heterocycles. The van der Waals surface area contributed by atoms with Gasteiger partial charge in [-0.15, -0.1) is 38.4 Å². The van der Waals surface area contributed by atoms with E-state index in [4.69, 9.17) is 5.11 Å². The molecular weight excluding hydrogens is 564 g/mol. The van der Waals surface area contributed by atoms with Crippen LogP contribution < -0.4 is 5.32 Å². The molecule has 5 rings (SSSR count). The van der Waals surface area contributed by atoms with Crippen molar-refractivity contribution in [1.29, 1.82) is 0 Å². The van der Waals surface area contributed by atoms with Gasteiger partial charge in [-0.2, -0.15) is 4.37 Å². The van der Waals surface area contributed by atoms with Gasteiger partial charge in [0.15, 0.2) is 5.65 Å². The minimum atomic E-state index is -1.31. The minimum absolute atomic E-state index is 0.114. The third kappa shape index (κ3) is 4.99. The fourth-order valence-corrected chi connectivity index (χ4v) is 6.25. The van der Waals surface area contributed by atoms with E-state index in [1.54, 1.807) is 12.1 Å². The largest absolute Gasteiger partial charge is 0.479 e. The molecule has 0 aromatic carbocycles. The van der Waals surface area contributed by atoms with Crippen LogP contribution in [-0.4, -0.2) is 109 Å². The summed E-state index contributed by atoms with van der Waals surface area (Å²) in [6.45, 7) is -0.803. The Labute approximate surface area is 223 Å². The number of nitrogens with zero attached hydrogens (tertiary/aromatic N) is 9. The van der Waals surface area contributed by atoms with Crippen LogP contribution in [0.3, 0.4) is 0 Å². The van der Waals surface area contributed by atoms with Gasteiger partial charge in [0.05, 0.1) is 0 Å². The van der Waals surface area contributed by atoms with Crippen molar-refractivity contribution in [3.05, 3.63) is 34.7 Å². The Morgan fingerprint density at radius 1 is 1.29 bits per heavy atom. The van der Waals surface area contributed by atoms with E-state index < -0.39 is 47.5 Å². The first kappa shape index (κ1) is 25.5. The molecule has 0 saturated carbocycles. The zero-order chi connectivity index (χ0) is 26.8. The molecule has 0 aliphatic carbocycles. The third-order valence-corrected chi connectivity index (χ3v) is 7.93. The number of hydrogen-bond acceptors (Lipinski definition) is 15. The van der Waals surface area contributed by atoms with Crippen LogP contribution in [0.4, 0.5) is 0 Å². The highest BCUT2D eigenvalue weighted by Crippen LogP contribution is 2.41. The summed E-state index contributed by atoms with van der Waals surface area (Å²) in [5.74, 6) is -3.66. The van der Waals surface area contributed by atoms with Gasteiger partial charge in [0, 0.05) is 11.5 Å². The maximum Gasteiger partial charge on any atom is 0.352 e. The summed E-state index contributed by atoms with van der Waals surface area (Å²) in [4.78, 5) is 58.3. The lowest BCUT2D eigenvalue weighted by Crippen LogP contribution is -2.71. The quantitative estimate of drug-likeness (QED) is 0.110. The highest BCUT2D eigenvalue weighted by Gasteiger charge is 2.54. The first-order valence-electron chi connectivity index (χ1n) is 10.4. The Morgan fingerprint density at radius 3 is 2.87 bits per heavy atom. The number of aromatic nitrogens is 7. The molecule has 196 valence electrons. The van der Waals surface area contributed by atoms with Crippen LogP contribution in [0, 0.1) is 0 Å². The second-order valence-electron chi connectivity index (χ2n) is 7.47. The Kier molecular flexibility index (Phi) is 7.15. The molecule has 17 nitrogen and oxygen atoms in total. The van der Waals surface area contributed by atoms with Crippen molar-refractivity contribution in [2.24, 2.45) is 5.16 Å². The zero-order valence-corrected chi connectivity index (χ0v) is 21.1. The molecule has 3 N–H and O–H groups in total. The summed E-state index contributed by atoms with van der Waals surface area (Å²) in [5.41, 5.74) is 1.74. The normalized spacial score (nSPS) is 19.2. The van der Waals surface area contributed by atoms with E-state index in [-0.39, 0.29) is 17.3 Å². The van der Waals surface area contributed by atoms with Crippen LogP contribution in [0.1, 0.15) is 5.82 Å². The lowest BCUT2D eigenvalue weighted by atomic mass is 10.0. The average Bonchev–Trinajstić information content (AvgIpc) is 3.59. The molecule has 2 amide bonds. The number of β-lactam (4-membered cyclic amide) rings is 1. The summed E-state index contributed by atoms with van der Waals surface area (Å²) in [6.07, 6.45) is 0. The number of tetrazole rings is 1. The third-order valence-electron chi connectivity index (χ3n) is 5.11. The summed E-state index contributed by atoms with van der Waals surface area (Å²) < 4.78 is 5.15. The Hall–Kier alpha value is -4.17. The molecule has 2 atom stereocenters. The topological polar surface area (TPSA) is 227 Å². The van der Waals surface area contributed by atoms with E-state index in [1.165, 1.54) is 33.7 Å². The number of carboxylic acid groups (broad SMARTS) is 2. The van der Waals surface area contributed by atoms with Gasteiger partial charge in [-0.25, -0.2) is 14.6 Å². The molecule has 1 saturated heterocycles. The number of carbonyl (C=O) groups is 4. The van der Waals surface area contributed by atoms with Crippen LogP contribution in [0.2, 0.25) is 0 Å². The molecule has 2 unspecified atom stereocenters. The maximum absolute atomic E-state index is 13.0. The lowest BCUT2D eigenvalue weighted by molar-refractivity contribution is -0.150. The number of fused-ring (bicyclic) bond motifs is 2. The number of aliphatic carboxylic acids is 2. The highest BCUT2D eigenvalue weighted by molar-refractivity contribution is 8.01. The molecule has 20 heteroatoms. The van der Waals surface area contributed by atoms with E-state index in [0.717, 1.165) is 16.4 Å². The highest BCUT2D eigenvalue weighted by atomic mass is 32.2. The summed E-state index contributed by atoms with van der Waals surface area (Å²) in [5, 5.41) is 39.8. The fraction of sp³-hybridized carbons (Fsp3) is 0.278. The number of nitrogens with one attached hydrogen (secondary N) is 1. The number of oxime groups is 1. The van der Waals surface area contributed by atoms with Crippen molar-refractivity contribution in [2.75, 3.05) is 18.1 Å². The number of rotatable bonds is 10. The molecule has 2 aliphatic rings. The van der Waals surface area contributed by atoms with E-state index in [9.17, 15) is 24.3 Å². The summed E-state index contributed by atoms with van der Waals surface area (Å²) >= 11 is 3.48. The first-order valence-corrected chi connectivity index (χ1v) is 13.3. The predicted octanol–water partition coefficient (Wildman–Crippen LogP) is -1.29. The van der Waals surface area contributed by atoms with Crippen molar-refractivity contribution in [3.8, 4) is 0 Å². The predicted molar refractivity (Wildman–Crippen MR) is 129 cm³/mol. The van der Waals surface area contributed by atoms with Gasteiger partial charge in [-0.05, 0) is 39.7 Å². The SMILES string of the molecule is O=C(O)CO/N=C(/C(=O)NC1C(=O)N2C(C(=O)O)=C(CSc3ccc4nnnn4n3)CSC12)c1ncsn1. The molecule has 0 bridgehead atoms. The Morgan fingerprint density at radius 2 is 2.13 bits per heavy atom. The van der Waals surface area contributed by atoms with Gasteiger partial charge >= 0.3 is 11.9 Å². The van der Waals surface area contributed by atoms with E-state index >= 15 is 0 Å². The molecular formula is C18H14N10O7S3. The van der Waals surface area contributed by atoms with Gasteiger partial charge in [0.1, 0.15) is 27.6 Å². The molecule has 38 heavy (non-hydrogen) atoms. The van der Waals surface area contributed by atoms with Gasteiger partial charge < -0.3 is 20.4 Å². The Balaban J connectivity index is 1.29. The van der Waals surface area contributed by atoms with Gasteiger partial charge in [0.25, 0.3) is 11.8 Å². The van der Waals surface area contributed by atoms with Crippen LogP contribution in [-0.2, 0) is 24.0 Å². The van der Waals surface area contributed by atoms with Crippen molar-refractivity contribution < 1.29 is 34.2 Å². The fourth-order valence-electron chi connectivity index (χ4n) is 3.49. The smallest absolute Gasteiger partial charge is 0.352 e. The lowest BCUT2D eigenvalue weighted by Gasteiger charge is -2.49. The number of carbonyl (C=O) groups excluding carboxylic acids is 2. The number of thioether (sulfide) groups is 2. The van der Waals surface area contributed by atoms with Gasteiger partial charge in [-0.1, -0.05) is 5.16 Å². The van der Waals surface area contributed by atoms with Crippen molar-refractivity contribution in [3.63, 3.8) is 0 Å². The van der Waals surface area contributed by atoms with Gasteiger partial charge in [-0.3, -0.25) is 14.5 Å². The monoisotopic (exact) mass is 578 g/mol. The molecule has 2 aliphatic heterocycles. The average molecular weight is 579 g/mol.